The number of anilines is 1. The second kappa shape index (κ2) is 5.50. The maximum atomic E-state index is 11.2. The van der Waals surface area contributed by atoms with Crippen molar-refractivity contribution >= 4 is 5.82 Å². The van der Waals surface area contributed by atoms with Crippen molar-refractivity contribution in [1.29, 1.82) is 0 Å². The van der Waals surface area contributed by atoms with Gasteiger partial charge >= 0.3 is 0 Å². The van der Waals surface area contributed by atoms with E-state index >= 15 is 0 Å². The molecule has 5 nitrogen and oxygen atoms in total. The summed E-state index contributed by atoms with van der Waals surface area (Å²) in [5.41, 5.74) is -0.169. The van der Waals surface area contributed by atoms with E-state index in [1.165, 1.54) is 6.07 Å². The van der Waals surface area contributed by atoms with Crippen molar-refractivity contribution < 1.29 is 5.11 Å². The number of nitrogens with one attached hydrogen (secondary N) is 2. The highest BCUT2D eigenvalue weighted by Crippen LogP contribution is 2.03. The van der Waals surface area contributed by atoms with Crippen molar-refractivity contribution in [3.63, 3.8) is 0 Å². The molecule has 0 amide bonds. The Hall–Kier alpha value is -1.36. The van der Waals surface area contributed by atoms with E-state index in [0.29, 0.717) is 18.1 Å². The largest absolute Gasteiger partial charge is 0.394 e. The molecular weight excluding hydrogens is 194 g/mol. The number of H-pyrrole nitrogens is 1. The molecule has 0 radical (unpaired) electrons. The van der Waals surface area contributed by atoms with Crippen LogP contribution in [-0.2, 0) is 6.42 Å². The Labute approximate surface area is 88.6 Å². The van der Waals surface area contributed by atoms with Gasteiger partial charge in [-0.15, -0.1) is 0 Å². The molecule has 0 bridgehead atoms. The number of aromatic nitrogens is 2. The van der Waals surface area contributed by atoms with E-state index in [-0.39, 0.29) is 18.2 Å². The van der Waals surface area contributed by atoms with E-state index in [4.69, 9.17) is 5.11 Å². The fourth-order valence-electron chi connectivity index (χ4n) is 1.24. The van der Waals surface area contributed by atoms with Crippen LogP contribution in [-0.4, -0.2) is 27.7 Å². The van der Waals surface area contributed by atoms with E-state index in [0.717, 1.165) is 6.42 Å². The standard InChI is InChI=1S/C10H17N3O2/c1-3-7(6-14)11-9-5-10(15)13-8(4-2)12-9/h5,7,14H,3-4,6H2,1-2H3,(H2,11,12,13,15). The van der Waals surface area contributed by atoms with Gasteiger partial charge in [-0.2, -0.15) is 0 Å². The van der Waals surface area contributed by atoms with Gasteiger partial charge in [0, 0.05) is 12.5 Å². The molecule has 0 aliphatic carbocycles. The van der Waals surface area contributed by atoms with Crippen LogP contribution in [0.3, 0.4) is 0 Å². The van der Waals surface area contributed by atoms with Crippen LogP contribution in [0, 0.1) is 0 Å². The molecule has 0 fully saturated rings. The lowest BCUT2D eigenvalue weighted by Crippen LogP contribution is -2.25. The Kier molecular flexibility index (Phi) is 4.30. The van der Waals surface area contributed by atoms with Crippen molar-refractivity contribution in [3.05, 3.63) is 22.2 Å². The smallest absolute Gasteiger partial charge is 0.252 e. The van der Waals surface area contributed by atoms with E-state index in [9.17, 15) is 4.79 Å². The Morgan fingerprint density at radius 2 is 2.33 bits per heavy atom. The molecule has 0 saturated heterocycles. The number of hydrogen-bond acceptors (Lipinski definition) is 4. The van der Waals surface area contributed by atoms with Crippen molar-refractivity contribution in [3.8, 4) is 0 Å². The molecule has 1 unspecified atom stereocenters. The number of rotatable bonds is 5. The zero-order valence-electron chi connectivity index (χ0n) is 9.08. The number of aliphatic hydroxyl groups is 1. The fourth-order valence-corrected chi connectivity index (χ4v) is 1.24. The maximum absolute atomic E-state index is 11.2. The summed E-state index contributed by atoms with van der Waals surface area (Å²) < 4.78 is 0. The molecule has 0 aliphatic heterocycles. The SMILES string of the molecule is CCc1nc(NC(CC)CO)cc(=O)[nH]1. The van der Waals surface area contributed by atoms with Crippen molar-refractivity contribution in [2.24, 2.45) is 0 Å². The first kappa shape index (κ1) is 11.7. The van der Waals surface area contributed by atoms with Gasteiger partial charge in [0.2, 0.25) is 0 Å². The first-order chi connectivity index (χ1) is 7.19. The van der Waals surface area contributed by atoms with Crippen LogP contribution < -0.4 is 10.9 Å². The molecule has 3 N–H and O–H groups in total. The van der Waals surface area contributed by atoms with E-state index in [2.05, 4.69) is 15.3 Å². The summed E-state index contributed by atoms with van der Waals surface area (Å²) in [5, 5.41) is 12.0. The maximum Gasteiger partial charge on any atom is 0.252 e. The van der Waals surface area contributed by atoms with Crippen LogP contribution in [0.25, 0.3) is 0 Å². The molecule has 1 heterocycles. The molecule has 1 rings (SSSR count). The minimum absolute atomic E-state index is 0.0342. The van der Waals surface area contributed by atoms with Crippen LogP contribution in [0.5, 0.6) is 0 Å². The number of aryl methyl sites for hydroxylation is 1. The lowest BCUT2D eigenvalue weighted by molar-refractivity contribution is 0.271. The zero-order valence-corrected chi connectivity index (χ0v) is 9.08. The average molecular weight is 211 g/mol. The Bertz CT molecular complexity index is 358. The summed E-state index contributed by atoms with van der Waals surface area (Å²) >= 11 is 0. The molecule has 0 spiro atoms. The molecule has 0 aliphatic rings. The molecular formula is C10H17N3O2. The minimum Gasteiger partial charge on any atom is -0.394 e. The van der Waals surface area contributed by atoms with E-state index in [1.807, 2.05) is 13.8 Å². The fraction of sp³-hybridized carbons (Fsp3) is 0.600. The monoisotopic (exact) mass is 211 g/mol. The van der Waals surface area contributed by atoms with Crippen molar-refractivity contribution in [1.82, 2.24) is 9.97 Å². The summed E-state index contributed by atoms with van der Waals surface area (Å²) in [6.07, 6.45) is 1.47. The lowest BCUT2D eigenvalue weighted by atomic mass is 10.2. The summed E-state index contributed by atoms with van der Waals surface area (Å²) in [5.74, 6) is 1.18. The third-order valence-corrected chi connectivity index (χ3v) is 2.19. The lowest BCUT2D eigenvalue weighted by Gasteiger charge is -2.14. The van der Waals surface area contributed by atoms with Crippen molar-refractivity contribution in [2.75, 3.05) is 11.9 Å². The van der Waals surface area contributed by atoms with Crippen molar-refractivity contribution in [2.45, 2.75) is 32.7 Å². The predicted molar refractivity (Wildman–Crippen MR) is 59.0 cm³/mol. The first-order valence-corrected chi connectivity index (χ1v) is 5.17. The van der Waals surface area contributed by atoms with Gasteiger partial charge in [0.05, 0.1) is 12.6 Å². The van der Waals surface area contributed by atoms with Gasteiger partial charge in [0.1, 0.15) is 11.6 Å². The molecule has 15 heavy (non-hydrogen) atoms. The summed E-state index contributed by atoms with van der Waals surface area (Å²) in [6.45, 7) is 3.92. The predicted octanol–water partition coefficient (Wildman–Crippen LogP) is 0.515. The van der Waals surface area contributed by atoms with E-state index in [1.54, 1.807) is 0 Å². The Morgan fingerprint density at radius 3 is 2.87 bits per heavy atom. The summed E-state index contributed by atoms with van der Waals surface area (Å²) in [4.78, 5) is 18.1. The normalized spacial score (nSPS) is 12.5. The molecule has 1 aromatic heterocycles. The van der Waals surface area contributed by atoms with Crippen LogP contribution >= 0.6 is 0 Å². The summed E-state index contributed by atoms with van der Waals surface area (Å²) in [7, 11) is 0. The topological polar surface area (TPSA) is 78.0 Å². The van der Waals surface area contributed by atoms with Gasteiger partial charge in [-0.05, 0) is 6.42 Å². The van der Waals surface area contributed by atoms with Gasteiger partial charge in [-0.1, -0.05) is 13.8 Å². The van der Waals surface area contributed by atoms with E-state index < -0.39 is 0 Å². The van der Waals surface area contributed by atoms with Gasteiger partial charge in [-0.25, -0.2) is 4.98 Å². The van der Waals surface area contributed by atoms with Gasteiger partial charge in [0.25, 0.3) is 5.56 Å². The second-order valence-electron chi connectivity index (χ2n) is 3.36. The number of aliphatic hydroxyl groups excluding tert-OH is 1. The third kappa shape index (κ3) is 3.36. The van der Waals surface area contributed by atoms with Crippen LogP contribution in [0.15, 0.2) is 10.9 Å². The number of hydrogen-bond donors (Lipinski definition) is 3. The van der Waals surface area contributed by atoms with Crippen LogP contribution in [0.4, 0.5) is 5.82 Å². The minimum atomic E-state index is -0.169. The third-order valence-electron chi connectivity index (χ3n) is 2.19. The molecule has 0 aromatic carbocycles. The Morgan fingerprint density at radius 1 is 1.60 bits per heavy atom. The highest BCUT2D eigenvalue weighted by Gasteiger charge is 2.06. The molecule has 1 atom stereocenters. The molecule has 1 aromatic rings. The Balaban J connectivity index is 2.84. The summed E-state index contributed by atoms with van der Waals surface area (Å²) in [6, 6.07) is 1.35. The van der Waals surface area contributed by atoms with Crippen LogP contribution in [0.2, 0.25) is 0 Å². The van der Waals surface area contributed by atoms with Gasteiger partial charge in [0.15, 0.2) is 0 Å². The molecule has 0 saturated carbocycles. The first-order valence-electron chi connectivity index (χ1n) is 5.17. The number of nitrogens with zero attached hydrogens (tertiary/aromatic N) is 1. The second-order valence-corrected chi connectivity index (χ2v) is 3.36. The zero-order chi connectivity index (χ0) is 11.3. The highest BCUT2D eigenvalue weighted by molar-refractivity contribution is 5.34. The highest BCUT2D eigenvalue weighted by atomic mass is 16.3. The van der Waals surface area contributed by atoms with Gasteiger partial charge < -0.3 is 15.4 Å². The quantitative estimate of drug-likeness (QED) is 0.663. The average Bonchev–Trinajstić information content (AvgIpc) is 2.25. The molecule has 84 valence electrons. The van der Waals surface area contributed by atoms with Gasteiger partial charge in [-0.3, -0.25) is 4.79 Å². The molecule has 5 heteroatoms. The van der Waals surface area contributed by atoms with Crippen LogP contribution in [0.1, 0.15) is 26.1 Å². The number of aromatic amines is 1.